The number of rotatable bonds is 4. The predicted octanol–water partition coefficient (Wildman–Crippen LogP) is 7.14. The zero-order valence-electron chi connectivity index (χ0n) is 17.7. The van der Waals surface area contributed by atoms with E-state index in [2.05, 4.69) is 50.9 Å². The van der Waals surface area contributed by atoms with Crippen molar-refractivity contribution in [3.63, 3.8) is 0 Å². The minimum Gasteiger partial charge on any atom is -0.488 e. The monoisotopic (exact) mass is 416 g/mol. The summed E-state index contributed by atoms with van der Waals surface area (Å²) in [6, 6.07) is 20.5. The SMILES string of the molecule is Cc1cc(C(C)(C)C)ccc1-c1cc(OCc2ccccc2)c2c(Cl)nccc2n1. The molecule has 0 aliphatic heterocycles. The number of fused-ring (bicyclic) bond motifs is 1. The number of hydrogen-bond donors (Lipinski definition) is 0. The summed E-state index contributed by atoms with van der Waals surface area (Å²) in [5.74, 6) is 0.691. The molecule has 0 atom stereocenters. The predicted molar refractivity (Wildman–Crippen MR) is 124 cm³/mol. The largest absolute Gasteiger partial charge is 0.488 e. The molecule has 3 nitrogen and oxygen atoms in total. The van der Waals surface area contributed by atoms with E-state index in [1.165, 1.54) is 11.1 Å². The summed E-state index contributed by atoms with van der Waals surface area (Å²) in [6.07, 6.45) is 1.68. The molecule has 4 heteroatoms. The Morgan fingerprint density at radius 2 is 1.73 bits per heavy atom. The van der Waals surface area contributed by atoms with Gasteiger partial charge in [-0.2, -0.15) is 0 Å². The Balaban J connectivity index is 1.80. The Bertz CT molecular complexity index is 1200. The van der Waals surface area contributed by atoms with Crippen LogP contribution in [-0.2, 0) is 12.0 Å². The van der Waals surface area contributed by atoms with Crippen LogP contribution in [0.1, 0.15) is 37.5 Å². The van der Waals surface area contributed by atoms with Crippen LogP contribution in [0, 0.1) is 6.92 Å². The lowest BCUT2D eigenvalue weighted by atomic mass is 9.85. The van der Waals surface area contributed by atoms with Crippen LogP contribution in [-0.4, -0.2) is 9.97 Å². The molecule has 4 aromatic rings. The van der Waals surface area contributed by atoms with Crippen LogP contribution in [0.3, 0.4) is 0 Å². The molecule has 0 fully saturated rings. The Kier molecular flexibility index (Phi) is 5.48. The van der Waals surface area contributed by atoms with Gasteiger partial charge in [-0.3, -0.25) is 0 Å². The maximum Gasteiger partial charge on any atom is 0.142 e. The Morgan fingerprint density at radius 3 is 2.43 bits per heavy atom. The number of pyridine rings is 2. The molecule has 152 valence electrons. The van der Waals surface area contributed by atoms with Crippen molar-refractivity contribution < 1.29 is 4.74 Å². The minimum atomic E-state index is 0.100. The average Bonchev–Trinajstić information content (AvgIpc) is 2.72. The highest BCUT2D eigenvalue weighted by molar-refractivity contribution is 6.34. The lowest BCUT2D eigenvalue weighted by Crippen LogP contribution is -2.11. The molecule has 0 radical (unpaired) electrons. The van der Waals surface area contributed by atoms with Gasteiger partial charge in [-0.15, -0.1) is 0 Å². The Hall–Kier alpha value is -2.91. The minimum absolute atomic E-state index is 0.100. The van der Waals surface area contributed by atoms with Gasteiger partial charge in [0.2, 0.25) is 0 Å². The number of hydrogen-bond acceptors (Lipinski definition) is 3. The summed E-state index contributed by atoms with van der Waals surface area (Å²) in [6.45, 7) is 9.24. The van der Waals surface area contributed by atoms with Crippen LogP contribution in [0.2, 0.25) is 5.15 Å². The molecular formula is C26H25ClN2O. The second kappa shape index (κ2) is 8.08. The van der Waals surface area contributed by atoms with E-state index in [0.29, 0.717) is 17.5 Å². The molecular weight excluding hydrogens is 392 g/mol. The van der Waals surface area contributed by atoms with Gasteiger partial charge < -0.3 is 4.74 Å². The van der Waals surface area contributed by atoms with Crippen LogP contribution >= 0.6 is 11.6 Å². The molecule has 2 aromatic heterocycles. The number of halogens is 1. The van der Waals surface area contributed by atoms with Gasteiger partial charge in [0.05, 0.1) is 16.6 Å². The molecule has 30 heavy (non-hydrogen) atoms. The zero-order chi connectivity index (χ0) is 21.3. The van der Waals surface area contributed by atoms with Crippen LogP contribution in [0.5, 0.6) is 5.75 Å². The van der Waals surface area contributed by atoms with Gasteiger partial charge >= 0.3 is 0 Å². The van der Waals surface area contributed by atoms with Gasteiger partial charge in [-0.05, 0) is 35.1 Å². The number of benzene rings is 2. The summed E-state index contributed by atoms with van der Waals surface area (Å²) in [4.78, 5) is 9.10. The Labute approximate surface area is 182 Å². The van der Waals surface area contributed by atoms with Crippen LogP contribution < -0.4 is 4.74 Å². The lowest BCUT2D eigenvalue weighted by Gasteiger charge is -2.21. The quantitative estimate of drug-likeness (QED) is 0.332. The van der Waals surface area contributed by atoms with E-state index < -0.39 is 0 Å². The van der Waals surface area contributed by atoms with E-state index in [1.807, 2.05) is 42.5 Å². The molecule has 0 aliphatic rings. The molecule has 0 amide bonds. The van der Waals surface area contributed by atoms with Crippen LogP contribution in [0.4, 0.5) is 0 Å². The van der Waals surface area contributed by atoms with E-state index in [1.54, 1.807) is 6.20 Å². The van der Waals surface area contributed by atoms with Crippen molar-refractivity contribution in [2.45, 2.75) is 39.7 Å². The van der Waals surface area contributed by atoms with Crippen molar-refractivity contribution in [3.8, 4) is 17.0 Å². The molecule has 2 heterocycles. The summed E-state index contributed by atoms with van der Waals surface area (Å²) in [5.41, 5.74) is 6.40. The number of ether oxygens (including phenoxy) is 1. The average molecular weight is 417 g/mol. The maximum absolute atomic E-state index is 6.41. The van der Waals surface area contributed by atoms with Crippen molar-refractivity contribution in [1.82, 2.24) is 9.97 Å². The van der Waals surface area contributed by atoms with Gasteiger partial charge in [-0.1, -0.05) is 80.9 Å². The number of nitrogens with zero attached hydrogens (tertiary/aromatic N) is 2. The van der Waals surface area contributed by atoms with Gasteiger partial charge in [-0.25, -0.2) is 9.97 Å². The molecule has 2 aromatic carbocycles. The molecule has 0 saturated carbocycles. The van der Waals surface area contributed by atoms with Gasteiger partial charge in [0.1, 0.15) is 17.5 Å². The first kappa shape index (κ1) is 20.4. The summed E-state index contributed by atoms with van der Waals surface area (Å²) >= 11 is 6.41. The molecule has 0 aliphatic carbocycles. The molecule has 0 unspecified atom stereocenters. The van der Waals surface area contributed by atoms with E-state index in [9.17, 15) is 0 Å². The number of aromatic nitrogens is 2. The molecule has 0 N–H and O–H groups in total. The fourth-order valence-corrected chi connectivity index (χ4v) is 3.76. The third-order valence-electron chi connectivity index (χ3n) is 5.24. The van der Waals surface area contributed by atoms with E-state index in [0.717, 1.165) is 27.7 Å². The number of aryl methyl sites for hydroxylation is 1. The maximum atomic E-state index is 6.41. The van der Waals surface area contributed by atoms with Gasteiger partial charge in [0.25, 0.3) is 0 Å². The van der Waals surface area contributed by atoms with Crippen molar-refractivity contribution in [1.29, 1.82) is 0 Å². The first-order valence-electron chi connectivity index (χ1n) is 10.1. The Morgan fingerprint density at radius 1 is 0.967 bits per heavy atom. The van der Waals surface area contributed by atoms with Crippen molar-refractivity contribution in [2.75, 3.05) is 0 Å². The fraction of sp³-hybridized carbons (Fsp3) is 0.231. The zero-order valence-corrected chi connectivity index (χ0v) is 18.5. The standard InChI is InChI=1S/C26H25ClN2O/c1-17-14-19(26(2,3)4)10-11-20(17)22-15-23(30-16-18-8-6-5-7-9-18)24-21(29-22)12-13-28-25(24)27/h5-15H,16H2,1-4H3. The second-order valence-electron chi connectivity index (χ2n) is 8.56. The lowest BCUT2D eigenvalue weighted by molar-refractivity contribution is 0.310. The van der Waals surface area contributed by atoms with E-state index in [-0.39, 0.29) is 5.41 Å². The molecule has 4 rings (SSSR count). The smallest absolute Gasteiger partial charge is 0.142 e. The summed E-state index contributed by atoms with van der Waals surface area (Å²) in [7, 11) is 0. The molecule has 0 saturated heterocycles. The highest BCUT2D eigenvalue weighted by Gasteiger charge is 2.17. The fourth-order valence-electron chi connectivity index (χ4n) is 3.51. The van der Waals surface area contributed by atoms with Gasteiger partial charge in [0.15, 0.2) is 0 Å². The van der Waals surface area contributed by atoms with E-state index >= 15 is 0 Å². The summed E-state index contributed by atoms with van der Waals surface area (Å²) in [5, 5.41) is 1.14. The van der Waals surface area contributed by atoms with Gasteiger partial charge in [0, 0.05) is 17.8 Å². The highest BCUT2D eigenvalue weighted by Crippen LogP contribution is 2.36. The molecule has 0 spiro atoms. The van der Waals surface area contributed by atoms with Crippen molar-refractivity contribution in [2.24, 2.45) is 0 Å². The normalized spacial score (nSPS) is 11.6. The van der Waals surface area contributed by atoms with E-state index in [4.69, 9.17) is 21.3 Å². The first-order chi connectivity index (χ1) is 14.3. The summed E-state index contributed by atoms with van der Waals surface area (Å²) < 4.78 is 6.20. The van der Waals surface area contributed by atoms with Crippen LogP contribution in [0.15, 0.2) is 66.9 Å². The van der Waals surface area contributed by atoms with Crippen LogP contribution in [0.25, 0.3) is 22.2 Å². The third-order valence-corrected chi connectivity index (χ3v) is 5.53. The topological polar surface area (TPSA) is 35.0 Å². The second-order valence-corrected chi connectivity index (χ2v) is 8.91. The third kappa shape index (κ3) is 4.17. The first-order valence-corrected chi connectivity index (χ1v) is 10.4. The van der Waals surface area contributed by atoms with Crippen molar-refractivity contribution >= 4 is 22.5 Å². The molecule has 0 bridgehead atoms. The van der Waals surface area contributed by atoms with Crippen molar-refractivity contribution in [3.05, 3.63) is 88.7 Å². The highest BCUT2D eigenvalue weighted by atomic mass is 35.5.